The van der Waals surface area contributed by atoms with E-state index in [0.717, 1.165) is 17.1 Å². The molecule has 0 bridgehead atoms. The van der Waals surface area contributed by atoms with Crippen LogP contribution >= 0.6 is 0 Å². The summed E-state index contributed by atoms with van der Waals surface area (Å²) in [6.07, 6.45) is 24.4. The Bertz CT molecular complexity index is 224. The van der Waals surface area contributed by atoms with Gasteiger partial charge in [0.2, 0.25) is 0 Å². The molecule has 1 atom stereocenters. The third kappa shape index (κ3) is 18.5. The monoisotopic (exact) mass is 358 g/mol. The van der Waals surface area contributed by atoms with Crippen LogP contribution < -0.4 is 0 Å². The molecule has 0 saturated carbocycles. The van der Waals surface area contributed by atoms with Crippen LogP contribution in [0, 0.1) is 0 Å². The molecule has 0 fully saturated rings. The molecular formula is C21H46O2Si. The van der Waals surface area contributed by atoms with Gasteiger partial charge in [-0.05, 0) is 6.42 Å². The van der Waals surface area contributed by atoms with E-state index in [1.165, 1.54) is 109 Å². The summed E-state index contributed by atoms with van der Waals surface area (Å²) >= 11 is 0. The Morgan fingerprint density at radius 1 is 0.625 bits per heavy atom. The SMILES string of the molecule is CCCCCCCCCCCCCCCCCCC(COC)O[SiH3]. The summed E-state index contributed by atoms with van der Waals surface area (Å²) in [6.45, 7) is 3.06. The van der Waals surface area contributed by atoms with Gasteiger partial charge in [-0.2, -0.15) is 0 Å². The number of methoxy groups -OCH3 is 1. The zero-order valence-electron chi connectivity index (χ0n) is 17.1. The molecule has 24 heavy (non-hydrogen) atoms. The fourth-order valence-corrected chi connectivity index (χ4v) is 3.75. The van der Waals surface area contributed by atoms with Gasteiger partial charge in [0.25, 0.3) is 0 Å². The van der Waals surface area contributed by atoms with Gasteiger partial charge < -0.3 is 9.16 Å². The van der Waals surface area contributed by atoms with Gasteiger partial charge in [0.1, 0.15) is 10.5 Å². The van der Waals surface area contributed by atoms with Crippen molar-refractivity contribution < 1.29 is 9.16 Å². The largest absolute Gasteiger partial charge is 0.423 e. The maximum absolute atomic E-state index is 5.53. The van der Waals surface area contributed by atoms with E-state index in [0.29, 0.717) is 6.10 Å². The van der Waals surface area contributed by atoms with Crippen molar-refractivity contribution in [1.82, 2.24) is 0 Å². The van der Waals surface area contributed by atoms with E-state index in [1.54, 1.807) is 7.11 Å². The lowest BCUT2D eigenvalue weighted by Crippen LogP contribution is -2.17. The highest BCUT2D eigenvalue weighted by atomic mass is 28.2. The fraction of sp³-hybridized carbons (Fsp3) is 1.00. The molecule has 146 valence electrons. The average molecular weight is 359 g/mol. The Morgan fingerprint density at radius 3 is 1.33 bits per heavy atom. The van der Waals surface area contributed by atoms with Crippen molar-refractivity contribution in [2.45, 2.75) is 122 Å². The second-order valence-electron chi connectivity index (χ2n) is 7.41. The molecule has 3 heteroatoms. The van der Waals surface area contributed by atoms with Gasteiger partial charge in [0.05, 0.1) is 12.7 Å². The van der Waals surface area contributed by atoms with Crippen molar-refractivity contribution in [3.63, 3.8) is 0 Å². The van der Waals surface area contributed by atoms with Crippen LogP contribution in [0.2, 0.25) is 0 Å². The summed E-state index contributed by atoms with van der Waals surface area (Å²) < 4.78 is 10.7. The molecule has 2 nitrogen and oxygen atoms in total. The molecule has 0 amide bonds. The third-order valence-corrected chi connectivity index (χ3v) is 5.73. The second kappa shape index (κ2) is 21.2. The molecule has 0 aliphatic rings. The standard InChI is InChI=1S/C21H46O2Si/c1-3-4-5-6-7-8-9-10-11-12-13-14-15-16-17-18-19-21(23-24)20-22-2/h21H,3-20H2,1-2,24H3. The van der Waals surface area contributed by atoms with Crippen LogP contribution in [0.15, 0.2) is 0 Å². The maximum atomic E-state index is 5.53. The highest BCUT2D eigenvalue weighted by molar-refractivity contribution is 5.98. The smallest absolute Gasteiger partial charge is 0.146 e. The highest BCUT2D eigenvalue weighted by Crippen LogP contribution is 2.14. The molecule has 0 aliphatic carbocycles. The minimum atomic E-state index is 0.355. The minimum Gasteiger partial charge on any atom is -0.423 e. The van der Waals surface area contributed by atoms with Crippen LogP contribution in [0.5, 0.6) is 0 Å². The first-order valence-corrected chi connectivity index (χ1v) is 11.7. The third-order valence-electron chi connectivity index (χ3n) is 5.07. The molecule has 0 aromatic heterocycles. The quantitative estimate of drug-likeness (QED) is 0.198. The Kier molecular flexibility index (Phi) is 21.3. The van der Waals surface area contributed by atoms with E-state index in [4.69, 9.17) is 9.16 Å². The van der Waals surface area contributed by atoms with Crippen LogP contribution in [0.3, 0.4) is 0 Å². The normalized spacial score (nSPS) is 12.8. The van der Waals surface area contributed by atoms with Crippen LogP contribution in [0.1, 0.15) is 116 Å². The van der Waals surface area contributed by atoms with E-state index in [1.807, 2.05) is 0 Å². The topological polar surface area (TPSA) is 18.5 Å². The van der Waals surface area contributed by atoms with Crippen molar-refractivity contribution in [3.05, 3.63) is 0 Å². The lowest BCUT2D eigenvalue weighted by Gasteiger charge is -2.14. The number of hydrogen-bond donors (Lipinski definition) is 0. The fourth-order valence-electron chi connectivity index (χ4n) is 3.38. The Balaban J connectivity index is 3.07. The van der Waals surface area contributed by atoms with E-state index in [9.17, 15) is 0 Å². The van der Waals surface area contributed by atoms with Crippen LogP contribution in [-0.4, -0.2) is 30.3 Å². The molecule has 0 N–H and O–H groups in total. The molecule has 0 aliphatic heterocycles. The predicted molar refractivity (Wildman–Crippen MR) is 111 cm³/mol. The molecule has 0 aromatic carbocycles. The zero-order chi connectivity index (χ0) is 17.7. The van der Waals surface area contributed by atoms with Crippen molar-refractivity contribution >= 4 is 10.5 Å². The van der Waals surface area contributed by atoms with Crippen LogP contribution in [-0.2, 0) is 9.16 Å². The lowest BCUT2D eigenvalue weighted by atomic mass is 10.0. The van der Waals surface area contributed by atoms with Gasteiger partial charge in [-0.3, -0.25) is 0 Å². The number of unbranched alkanes of at least 4 members (excludes halogenated alkanes) is 15. The second-order valence-corrected chi connectivity index (χ2v) is 7.88. The Morgan fingerprint density at radius 2 is 1.00 bits per heavy atom. The summed E-state index contributed by atoms with van der Waals surface area (Å²) in [5.74, 6) is 0. The molecule has 1 unspecified atom stereocenters. The summed E-state index contributed by atoms with van der Waals surface area (Å²) in [7, 11) is 2.59. The summed E-state index contributed by atoms with van der Waals surface area (Å²) in [5.41, 5.74) is 0. The predicted octanol–water partition coefficient (Wildman–Crippen LogP) is 5.95. The average Bonchev–Trinajstić information content (AvgIpc) is 2.60. The summed E-state index contributed by atoms with van der Waals surface area (Å²) in [6, 6.07) is 0. The van der Waals surface area contributed by atoms with E-state index < -0.39 is 0 Å². The van der Waals surface area contributed by atoms with Gasteiger partial charge in [-0.15, -0.1) is 0 Å². The van der Waals surface area contributed by atoms with E-state index >= 15 is 0 Å². The van der Waals surface area contributed by atoms with E-state index in [-0.39, 0.29) is 0 Å². The zero-order valence-corrected chi connectivity index (χ0v) is 19.1. The Hall–Kier alpha value is 0.137. The van der Waals surface area contributed by atoms with Crippen molar-refractivity contribution in [2.24, 2.45) is 0 Å². The molecule has 0 saturated heterocycles. The first kappa shape index (κ1) is 24.1. The number of rotatable bonds is 20. The summed E-state index contributed by atoms with van der Waals surface area (Å²) in [5, 5.41) is 0. The minimum absolute atomic E-state index is 0.355. The van der Waals surface area contributed by atoms with Gasteiger partial charge in [-0.25, -0.2) is 0 Å². The van der Waals surface area contributed by atoms with Gasteiger partial charge >= 0.3 is 0 Å². The first-order valence-electron chi connectivity index (χ1n) is 10.9. The first-order chi connectivity index (χ1) is 11.8. The number of hydrogen-bond acceptors (Lipinski definition) is 2. The van der Waals surface area contributed by atoms with Crippen LogP contribution in [0.4, 0.5) is 0 Å². The Labute approximate surface area is 156 Å². The van der Waals surface area contributed by atoms with E-state index in [2.05, 4.69) is 6.92 Å². The molecular weight excluding hydrogens is 312 g/mol. The maximum Gasteiger partial charge on any atom is 0.146 e. The van der Waals surface area contributed by atoms with Gasteiger partial charge in [0.15, 0.2) is 0 Å². The molecule has 0 aromatic rings. The van der Waals surface area contributed by atoms with Crippen molar-refractivity contribution in [3.8, 4) is 0 Å². The van der Waals surface area contributed by atoms with Gasteiger partial charge in [0, 0.05) is 7.11 Å². The lowest BCUT2D eigenvalue weighted by molar-refractivity contribution is 0.0803. The molecule has 0 radical (unpaired) electrons. The summed E-state index contributed by atoms with van der Waals surface area (Å²) in [4.78, 5) is 0. The van der Waals surface area contributed by atoms with Gasteiger partial charge in [-0.1, -0.05) is 110 Å². The van der Waals surface area contributed by atoms with Crippen molar-refractivity contribution in [1.29, 1.82) is 0 Å². The molecule has 0 rings (SSSR count). The highest BCUT2D eigenvalue weighted by Gasteiger charge is 2.04. The van der Waals surface area contributed by atoms with Crippen LogP contribution in [0.25, 0.3) is 0 Å². The molecule has 0 heterocycles. The molecule has 0 spiro atoms. The van der Waals surface area contributed by atoms with Crippen molar-refractivity contribution in [2.75, 3.05) is 13.7 Å². The number of ether oxygens (including phenoxy) is 1.